The number of amides is 10. The Bertz CT molecular complexity index is 3840. The second kappa shape index (κ2) is 35.0. The Hall–Kier alpha value is -8.14. The number of rotatable bonds is 31. The highest BCUT2D eigenvalue weighted by Crippen LogP contribution is 2.51. The van der Waals surface area contributed by atoms with E-state index in [0.717, 1.165) is 33.0 Å². The van der Waals surface area contributed by atoms with Crippen LogP contribution in [0.5, 0.6) is 11.5 Å². The molecule has 0 aliphatic carbocycles. The summed E-state index contributed by atoms with van der Waals surface area (Å²) in [4.78, 5) is 138. The summed E-state index contributed by atoms with van der Waals surface area (Å²) >= 11 is 15.9. The highest BCUT2D eigenvalue weighted by molar-refractivity contribution is 7.18. The van der Waals surface area contributed by atoms with Gasteiger partial charge >= 0.3 is 24.2 Å². The summed E-state index contributed by atoms with van der Waals surface area (Å²) in [5.41, 5.74) is 16.1. The number of carboxylic acids is 1. The molecule has 0 saturated carbocycles. The van der Waals surface area contributed by atoms with Gasteiger partial charge in [-0.2, -0.15) is 0 Å². The number of thiophene rings is 2. The van der Waals surface area contributed by atoms with Crippen molar-refractivity contribution in [2.45, 2.75) is 153 Å². The molecule has 5 aromatic rings. The minimum atomic E-state index is -1.93. The van der Waals surface area contributed by atoms with Crippen LogP contribution in [-0.2, 0) is 49.6 Å². The molecule has 1 unspecified atom stereocenters. The van der Waals surface area contributed by atoms with E-state index in [9.17, 15) is 68.4 Å². The van der Waals surface area contributed by atoms with Crippen LogP contribution in [0.25, 0.3) is 20.2 Å². The molecule has 1 fully saturated rings. The molecule has 0 radical (unpaired) electrons. The maximum absolute atomic E-state index is 14.4. The number of nitrogens with one attached hydrogen (secondary N) is 5. The van der Waals surface area contributed by atoms with Crippen LogP contribution in [0.1, 0.15) is 112 Å². The molecular weight excluding hydrogens is 1380 g/mol. The number of likely N-dealkylation sites (N-methyl/N-ethyl adjacent to an activating group) is 2. The number of anilines is 3. The zero-order valence-corrected chi connectivity index (χ0v) is 59.7. The summed E-state index contributed by atoms with van der Waals surface area (Å²) < 4.78 is 24.5. The number of nitrogens with two attached hydrogens (primary N) is 2. The van der Waals surface area contributed by atoms with E-state index in [1.807, 2.05) is 24.6 Å². The first-order valence-corrected chi connectivity index (χ1v) is 35.6. The molecule has 10 amide bonds. The van der Waals surface area contributed by atoms with Crippen LogP contribution < -0.4 is 57.3 Å². The zero-order valence-electron chi connectivity index (χ0n) is 56.5. The van der Waals surface area contributed by atoms with Gasteiger partial charge in [0.1, 0.15) is 48.8 Å². The van der Waals surface area contributed by atoms with Gasteiger partial charge in [0.2, 0.25) is 41.7 Å². The zero-order chi connectivity index (χ0) is 73.0. The van der Waals surface area contributed by atoms with Gasteiger partial charge in [-0.1, -0.05) is 26.0 Å². The maximum atomic E-state index is 14.4. The highest BCUT2D eigenvalue weighted by Gasteiger charge is 2.49. The first kappa shape index (κ1) is 77.6. The molecule has 100 heavy (non-hydrogen) atoms. The Kier molecular flexibility index (Phi) is 27.1. The number of ether oxygens (including phenoxy) is 4. The lowest BCUT2D eigenvalue weighted by atomic mass is 9.96. The van der Waals surface area contributed by atoms with Crippen molar-refractivity contribution in [3.8, 4) is 11.5 Å². The molecule has 29 nitrogen and oxygen atoms in total. The number of benzene rings is 3. The van der Waals surface area contributed by atoms with E-state index in [1.165, 1.54) is 53.5 Å². The molecule has 3 aliphatic heterocycles. The molecule has 10 atom stereocenters. The number of carbonyl (C=O) groups excluding carboxylic acids is 9. The summed E-state index contributed by atoms with van der Waals surface area (Å²) in [7, 11) is 3.01. The first-order valence-electron chi connectivity index (χ1n) is 32.8. The molecule has 13 N–H and O–H groups in total. The van der Waals surface area contributed by atoms with Crippen molar-refractivity contribution in [3.05, 3.63) is 75.0 Å². The molecule has 2 aromatic heterocycles. The van der Waals surface area contributed by atoms with Gasteiger partial charge in [-0.3, -0.25) is 28.8 Å². The summed E-state index contributed by atoms with van der Waals surface area (Å²) in [6.07, 6.45) is -8.92. The number of alkyl halides is 2. The Morgan fingerprint density at radius 1 is 0.710 bits per heavy atom. The monoisotopic (exact) mass is 1470 g/mol. The Morgan fingerprint density at radius 3 is 1.80 bits per heavy atom. The molecule has 5 heterocycles. The van der Waals surface area contributed by atoms with Crippen molar-refractivity contribution in [2.75, 3.05) is 80.2 Å². The van der Waals surface area contributed by atoms with Gasteiger partial charge in [0.15, 0.2) is 11.9 Å². The van der Waals surface area contributed by atoms with Crippen LogP contribution in [0, 0.1) is 19.8 Å². The number of unbranched alkanes of at least 4 members (excludes halogenated alkanes) is 1. The van der Waals surface area contributed by atoms with E-state index >= 15 is 0 Å². The summed E-state index contributed by atoms with van der Waals surface area (Å²) in [6.45, 7) is 9.35. The number of hydrogen-bond donors (Lipinski definition) is 11. The number of aryl methyl sites for hydroxylation is 2. The number of aliphatic carboxylic acids is 1. The molecule has 3 aliphatic rings. The van der Waals surface area contributed by atoms with E-state index in [-0.39, 0.29) is 118 Å². The number of urea groups is 1. The standard InChI is InChI=1S/C67H87Cl2N11O18S2/c1-33(2)53(76-61(88)41(73-36(5)81)12-8-9-20-70)62(89)75-42(13-11-21-72-65(71)92)60(87)74-40-18-16-37(17-19-40)30-95-66(93)77(6)22-23-78(7)67(94)97-46-25-44-52(50-35(4)32-100-59(46)50)39(27-69)29-80(44)48(83)15-10-14-47(82)79-28-38(26-68)51-43(79)24-45(58-49(51)34(3)31-99-58)96-64-56(86)54(84)55(85)57(98-64)63(90)91/h16-19,24-25,31-33,38-39,41-42,53-57,64,84-86H,8-15,20-23,26-30,70H2,1-7H3,(H,73,81)(H,74,87)(H,75,89)(H,76,88)(H,90,91)(H3,71,72,92)/t38-,39?,41+,42+,53+,54+,55+,56-,57+,64-/m1/s1. The molecule has 544 valence electrons. The quantitative estimate of drug-likeness (QED) is 0.0191. The minimum absolute atomic E-state index is 0.0202. The predicted octanol–water partition coefficient (Wildman–Crippen LogP) is 5.56. The third-order valence-corrected chi connectivity index (χ3v) is 20.7. The molecular formula is C67H87Cl2N11O18S2. The third kappa shape index (κ3) is 18.5. The third-order valence-electron chi connectivity index (χ3n) is 17.7. The topological polar surface area (TPSA) is 414 Å². The summed E-state index contributed by atoms with van der Waals surface area (Å²) in [5.74, 6) is -4.77. The molecule has 3 aromatic carbocycles. The van der Waals surface area contributed by atoms with E-state index in [1.54, 1.807) is 60.0 Å². The number of carboxylic acid groups (broad SMARTS) is 1. The van der Waals surface area contributed by atoms with Crippen molar-refractivity contribution in [2.24, 2.45) is 17.4 Å². The largest absolute Gasteiger partial charge is 0.479 e. The second-order valence-electron chi connectivity index (χ2n) is 25.5. The Labute approximate surface area is 595 Å². The van der Waals surface area contributed by atoms with Gasteiger partial charge in [0.05, 0.1) is 20.8 Å². The van der Waals surface area contributed by atoms with Gasteiger partial charge in [-0.05, 0) is 116 Å². The molecule has 0 spiro atoms. The van der Waals surface area contributed by atoms with Crippen molar-refractivity contribution >= 4 is 143 Å². The van der Waals surface area contributed by atoms with E-state index in [0.29, 0.717) is 57.8 Å². The van der Waals surface area contributed by atoms with Crippen LogP contribution >= 0.6 is 45.9 Å². The van der Waals surface area contributed by atoms with Crippen LogP contribution in [0.4, 0.5) is 31.4 Å². The van der Waals surface area contributed by atoms with Crippen LogP contribution in [0.3, 0.4) is 0 Å². The minimum Gasteiger partial charge on any atom is -0.479 e. The smallest absolute Gasteiger partial charge is 0.415 e. The number of nitrogens with zero attached hydrogens (tertiary/aromatic N) is 4. The predicted molar refractivity (Wildman–Crippen MR) is 376 cm³/mol. The number of aliphatic hydroxyl groups excluding tert-OH is 3. The van der Waals surface area contributed by atoms with E-state index in [4.69, 9.17) is 53.6 Å². The van der Waals surface area contributed by atoms with Gasteiger partial charge < -0.3 is 97.0 Å². The molecule has 0 bridgehead atoms. The lowest BCUT2D eigenvalue weighted by molar-refractivity contribution is -0.270. The summed E-state index contributed by atoms with van der Waals surface area (Å²) in [5, 5.41) is 60.0. The second-order valence-corrected chi connectivity index (χ2v) is 27.9. The lowest BCUT2D eigenvalue weighted by Gasteiger charge is -2.38. The van der Waals surface area contributed by atoms with Crippen LogP contribution in [-0.4, -0.2) is 204 Å². The normalized spacial score (nSPS) is 19.4. The number of primary amides is 1. The average Bonchev–Trinajstić information content (AvgIpc) is 1.58. The Balaban J connectivity index is 0.851. The van der Waals surface area contributed by atoms with Crippen molar-refractivity contribution < 1.29 is 87.3 Å². The van der Waals surface area contributed by atoms with Gasteiger partial charge in [-0.25, -0.2) is 19.2 Å². The fourth-order valence-electron chi connectivity index (χ4n) is 12.3. The maximum Gasteiger partial charge on any atom is 0.415 e. The molecule has 33 heteroatoms. The van der Waals surface area contributed by atoms with E-state index in [2.05, 4.69) is 26.6 Å². The lowest BCUT2D eigenvalue weighted by Crippen LogP contribution is -2.61. The molecule has 1 saturated heterocycles. The van der Waals surface area contributed by atoms with Gasteiger partial charge in [0, 0.05) is 119 Å². The number of fused-ring (bicyclic) bond motifs is 6. The number of aliphatic hydroxyl groups is 3. The highest BCUT2D eigenvalue weighted by atomic mass is 35.5. The van der Waals surface area contributed by atoms with E-state index < -0.39 is 103 Å². The van der Waals surface area contributed by atoms with Crippen molar-refractivity contribution in [3.63, 3.8) is 0 Å². The number of hydrogen-bond acceptors (Lipinski definition) is 20. The fourth-order valence-corrected chi connectivity index (χ4v) is 14.8. The van der Waals surface area contributed by atoms with Gasteiger partial charge in [-0.15, -0.1) is 45.9 Å². The first-order chi connectivity index (χ1) is 47.6. The number of carbonyl (C=O) groups is 10. The van der Waals surface area contributed by atoms with Crippen LogP contribution in [0.2, 0.25) is 0 Å². The van der Waals surface area contributed by atoms with Crippen LogP contribution in [0.15, 0.2) is 47.2 Å². The fraction of sp³-hybridized carbons (Fsp3) is 0.522. The molecule has 8 rings (SSSR count). The number of halogens is 2. The van der Waals surface area contributed by atoms with Crippen molar-refractivity contribution in [1.29, 1.82) is 0 Å². The average molecular weight is 1470 g/mol. The SMILES string of the molecule is CC(=O)N[C@@H](CCCCN)C(=O)N[C@H](C(=O)N[C@@H](CCCNC(N)=O)C(=O)Nc1ccc(COC(=O)N(C)CCN(C)C(=O)Oc2cc3c(c4c(C)csc24)C(CCl)CN3C(=O)CCCC(=O)N2C[C@@H](CCl)c3c2cc(O[C@@H]2O[C@H](C(=O)O)[C@@H](O)[C@H](O)[C@H]2O)c2scc(C)c32)cc1)C(C)C. The van der Waals surface area contributed by atoms with Gasteiger partial charge in [0.25, 0.3) is 0 Å². The summed E-state index contributed by atoms with van der Waals surface area (Å²) in [6, 6.07) is 5.73. The van der Waals surface area contributed by atoms with Crippen molar-refractivity contribution in [1.82, 2.24) is 31.1 Å². The Morgan fingerprint density at radius 2 is 1.26 bits per heavy atom.